The van der Waals surface area contributed by atoms with Gasteiger partial charge in [-0.3, -0.25) is 9.59 Å². The lowest BCUT2D eigenvalue weighted by molar-refractivity contribution is -0.135. The van der Waals surface area contributed by atoms with Crippen LogP contribution in [0.4, 0.5) is 5.82 Å². The van der Waals surface area contributed by atoms with Crippen LogP contribution >= 0.6 is 11.6 Å². The Morgan fingerprint density at radius 2 is 1.81 bits per heavy atom. The summed E-state index contributed by atoms with van der Waals surface area (Å²) >= 11 is 6.07. The van der Waals surface area contributed by atoms with Gasteiger partial charge in [-0.25, -0.2) is 4.98 Å². The van der Waals surface area contributed by atoms with Crippen molar-refractivity contribution in [2.24, 2.45) is 5.92 Å². The molecule has 0 radical (unpaired) electrons. The van der Waals surface area contributed by atoms with Crippen LogP contribution in [0.5, 0.6) is 0 Å². The smallest absolute Gasteiger partial charge is 0.225 e. The van der Waals surface area contributed by atoms with Crippen LogP contribution in [0.1, 0.15) is 48.5 Å². The van der Waals surface area contributed by atoms with E-state index in [0.717, 1.165) is 56.4 Å². The number of Topliss-reactive ketones (excluding diaryl/α,β-unsaturated/α-hetero) is 1. The number of nitrogens with zero attached hydrogens (tertiary/aromatic N) is 3. The molecule has 1 N–H and O–H groups in total. The van der Waals surface area contributed by atoms with Crippen molar-refractivity contribution in [3.05, 3.63) is 58.7 Å². The number of amides is 1. The molecule has 2 aliphatic rings. The molecule has 0 aliphatic carbocycles. The van der Waals surface area contributed by atoms with Crippen LogP contribution in [-0.4, -0.2) is 60.3 Å². The molecule has 2 aromatic rings. The Hall–Kier alpha value is -2.44. The summed E-state index contributed by atoms with van der Waals surface area (Å²) in [7, 11) is 0. The number of rotatable bonds is 6. The van der Waals surface area contributed by atoms with Crippen LogP contribution in [0.25, 0.3) is 0 Å². The van der Waals surface area contributed by atoms with Crippen molar-refractivity contribution in [3.63, 3.8) is 0 Å². The van der Waals surface area contributed by atoms with Gasteiger partial charge in [0.2, 0.25) is 5.91 Å². The number of hydrogen-bond donors (Lipinski definition) is 1. The number of nitrogens with one attached hydrogen (secondary N) is 1. The largest absolute Gasteiger partial charge is 0.357 e. The molecular weight excluding hydrogens is 424 g/mol. The SMILES string of the molecule is CCN[C@H]1CN(C(=O)C2CCN(c3ccc(C(C)=O)cn3)CC2)C[C@@H]1c1ccc(Cl)cc1. The number of anilines is 1. The lowest BCUT2D eigenvalue weighted by Crippen LogP contribution is -2.43. The van der Waals surface area contributed by atoms with Crippen molar-refractivity contribution in [1.82, 2.24) is 15.2 Å². The summed E-state index contributed by atoms with van der Waals surface area (Å²) in [4.78, 5) is 33.5. The zero-order valence-electron chi connectivity index (χ0n) is 18.8. The van der Waals surface area contributed by atoms with Crippen LogP contribution in [0.15, 0.2) is 42.6 Å². The fraction of sp³-hybridized carbons (Fsp3) is 0.480. The first-order chi connectivity index (χ1) is 15.5. The van der Waals surface area contributed by atoms with Crippen molar-refractivity contribution < 1.29 is 9.59 Å². The normalized spacial score (nSPS) is 21.7. The fourth-order valence-electron chi connectivity index (χ4n) is 4.90. The van der Waals surface area contributed by atoms with Gasteiger partial charge in [0, 0.05) is 60.8 Å². The number of aromatic nitrogens is 1. The summed E-state index contributed by atoms with van der Waals surface area (Å²) in [6, 6.07) is 12.0. The van der Waals surface area contributed by atoms with E-state index >= 15 is 0 Å². The van der Waals surface area contributed by atoms with Crippen LogP contribution in [0.2, 0.25) is 5.02 Å². The zero-order chi connectivity index (χ0) is 22.7. The summed E-state index contributed by atoms with van der Waals surface area (Å²) in [5, 5.41) is 4.30. The average molecular weight is 455 g/mol. The predicted molar refractivity (Wildman–Crippen MR) is 127 cm³/mol. The van der Waals surface area contributed by atoms with Crippen LogP contribution in [0.3, 0.4) is 0 Å². The van der Waals surface area contributed by atoms with Crippen molar-refractivity contribution in [1.29, 1.82) is 0 Å². The molecule has 2 atom stereocenters. The first kappa shape index (κ1) is 22.7. The summed E-state index contributed by atoms with van der Waals surface area (Å²) < 4.78 is 0. The molecule has 2 aliphatic heterocycles. The first-order valence-corrected chi connectivity index (χ1v) is 11.8. The standard InChI is InChI=1S/C25H31ClN4O2/c1-3-27-23-16-30(15-22(23)18-4-7-21(26)8-5-18)25(32)19-10-12-29(13-11-19)24-9-6-20(14-28-24)17(2)31/h4-9,14,19,22-23,27H,3,10-13,15-16H2,1-2H3/t22-,23+/m1/s1. The van der Waals surface area contributed by atoms with Gasteiger partial charge in [0.05, 0.1) is 0 Å². The third-order valence-electron chi connectivity index (χ3n) is 6.72. The molecule has 7 heteroatoms. The number of halogens is 1. The summed E-state index contributed by atoms with van der Waals surface area (Å²) in [6.45, 7) is 7.62. The Kier molecular flexibility index (Phi) is 7.11. The quantitative estimate of drug-likeness (QED) is 0.673. The molecule has 1 aromatic heterocycles. The Morgan fingerprint density at radius 3 is 2.41 bits per heavy atom. The fourth-order valence-corrected chi connectivity index (χ4v) is 5.02. The maximum Gasteiger partial charge on any atom is 0.225 e. The molecule has 32 heavy (non-hydrogen) atoms. The number of benzene rings is 1. The Labute approximate surface area is 195 Å². The third-order valence-corrected chi connectivity index (χ3v) is 6.97. The molecule has 1 amide bonds. The first-order valence-electron chi connectivity index (χ1n) is 11.5. The third kappa shape index (κ3) is 4.97. The lowest BCUT2D eigenvalue weighted by atomic mass is 9.94. The van der Waals surface area contributed by atoms with E-state index < -0.39 is 0 Å². The highest BCUT2D eigenvalue weighted by molar-refractivity contribution is 6.30. The number of likely N-dealkylation sites (N-methyl/N-ethyl adjacent to an activating group) is 1. The van der Waals surface area contributed by atoms with Crippen LogP contribution < -0.4 is 10.2 Å². The number of ketones is 1. The lowest BCUT2D eigenvalue weighted by Gasteiger charge is -2.34. The molecule has 3 heterocycles. The molecule has 0 unspecified atom stereocenters. The van der Waals surface area contributed by atoms with E-state index in [1.807, 2.05) is 29.2 Å². The van der Waals surface area contributed by atoms with Crippen LogP contribution in [0, 0.1) is 5.92 Å². The minimum absolute atomic E-state index is 0.0201. The molecule has 2 fully saturated rings. The zero-order valence-corrected chi connectivity index (χ0v) is 19.5. The highest BCUT2D eigenvalue weighted by Gasteiger charge is 2.38. The molecular formula is C25H31ClN4O2. The van der Waals surface area contributed by atoms with Crippen molar-refractivity contribution in [3.8, 4) is 0 Å². The second-order valence-electron chi connectivity index (χ2n) is 8.79. The van der Waals surface area contributed by atoms with Gasteiger partial charge in [-0.1, -0.05) is 30.7 Å². The number of likely N-dealkylation sites (tertiary alicyclic amines) is 1. The average Bonchev–Trinajstić information content (AvgIpc) is 3.23. The van der Waals surface area contributed by atoms with Crippen molar-refractivity contribution in [2.75, 3.05) is 37.6 Å². The number of carbonyl (C=O) groups is 2. The van der Waals surface area contributed by atoms with Crippen molar-refractivity contribution in [2.45, 2.75) is 38.6 Å². The maximum absolute atomic E-state index is 13.3. The Bertz CT molecular complexity index is 939. The molecule has 1 aromatic carbocycles. The molecule has 0 saturated carbocycles. The summed E-state index contributed by atoms with van der Waals surface area (Å²) in [5.41, 5.74) is 1.85. The van der Waals surface area contributed by atoms with E-state index in [1.54, 1.807) is 13.1 Å². The van der Waals surface area contributed by atoms with Crippen LogP contribution in [-0.2, 0) is 4.79 Å². The predicted octanol–water partition coefficient (Wildman–Crippen LogP) is 3.76. The molecule has 2 saturated heterocycles. The monoisotopic (exact) mass is 454 g/mol. The van der Waals surface area contributed by atoms with E-state index in [1.165, 1.54) is 5.56 Å². The molecule has 170 valence electrons. The van der Waals surface area contributed by atoms with E-state index in [0.29, 0.717) is 5.56 Å². The van der Waals surface area contributed by atoms with Gasteiger partial charge in [-0.05, 0) is 56.1 Å². The van der Waals surface area contributed by atoms with Gasteiger partial charge in [0.1, 0.15) is 5.82 Å². The van der Waals surface area contributed by atoms with Gasteiger partial charge in [-0.15, -0.1) is 0 Å². The summed E-state index contributed by atoms with van der Waals surface area (Å²) in [5.74, 6) is 1.49. The van der Waals surface area contributed by atoms with E-state index in [-0.39, 0.29) is 29.6 Å². The van der Waals surface area contributed by atoms with E-state index in [2.05, 4.69) is 34.3 Å². The van der Waals surface area contributed by atoms with Gasteiger partial charge < -0.3 is 15.1 Å². The van der Waals surface area contributed by atoms with Crippen molar-refractivity contribution >= 4 is 29.1 Å². The number of pyridine rings is 1. The van der Waals surface area contributed by atoms with E-state index in [4.69, 9.17) is 11.6 Å². The highest BCUT2D eigenvalue weighted by Crippen LogP contribution is 2.31. The Morgan fingerprint density at radius 1 is 1.09 bits per heavy atom. The molecule has 6 nitrogen and oxygen atoms in total. The van der Waals surface area contributed by atoms with Gasteiger partial charge in [0.15, 0.2) is 5.78 Å². The maximum atomic E-state index is 13.3. The minimum atomic E-state index is 0.0201. The number of piperidine rings is 1. The molecule has 0 spiro atoms. The molecule has 4 rings (SSSR count). The minimum Gasteiger partial charge on any atom is -0.357 e. The van der Waals surface area contributed by atoms with Gasteiger partial charge >= 0.3 is 0 Å². The Balaban J connectivity index is 1.37. The second kappa shape index (κ2) is 10.0. The molecule has 0 bridgehead atoms. The number of hydrogen-bond acceptors (Lipinski definition) is 5. The van der Waals surface area contributed by atoms with Gasteiger partial charge in [0.25, 0.3) is 0 Å². The number of carbonyl (C=O) groups excluding carboxylic acids is 2. The van der Waals surface area contributed by atoms with Gasteiger partial charge in [-0.2, -0.15) is 0 Å². The second-order valence-corrected chi connectivity index (χ2v) is 9.22. The van der Waals surface area contributed by atoms with E-state index in [9.17, 15) is 9.59 Å². The highest BCUT2D eigenvalue weighted by atomic mass is 35.5. The topological polar surface area (TPSA) is 65.5 Å². The summed E-state index contributed by atoms with van der Waals surface area (Å²) in [6.07, 6.45) is 3.28.